The molecule has 0 aliphatic heterocycles. The first-order valence-corrected chi connectivity index (χ1v) is 15.6. The minimum atomic E-state index is -0.892. The normalized spacial score (nSPS) is 11.9. The topological polar surface area (TPSA) is 164 Å². The van der Waals surface area contributed by atoms with Crippen LogP contribution in [0.4, 0.5) is 14.4 Å². The van der Waals surface area contributed by atoms with Crippen molar-refractivity contribution in [3.63, 3.8) is 0 Å². The van der Waals surface area contributed by atoms with Gasteiger partial charge in [-0.1, -0.05) is 13.8 Å². The molecule has 0 saturated heterocycles. The molecule has 0 aromatic carbocycles. The van der Waals surface area contributed by atoms with Gasteiger partial charge in [-0.2, -0.15) is 0 Å². The van der Waals surface area contributed by atoms with Crippen LogP contribution < -0.4 is 21.3 Å². The van der Waals surface area contributed by atoms with E-state index in [4.69, 9.17) is 9.47 Å². The molecule has 0 fully saturated rings. The van der Waals surface area contributed by atoms with E-state index in [1.807, 2.05) is 5.38 Å². The summed E-state index contributed by atoms with van der Waals surface area (Å²) in [5, 5.41) is 13.8. The molecule has 2 aromatic rings. The smallest absolute Gasteiger partial charge is 0.407 e. The van der Waals surface area contributed by atoms with Gasteiger partial charge in [0.1, 0.15) is 18.2 Å². The third-order valence-electron chi connectivity index (χ3n) is 5.53. The fourth-order valence-corrected chi connectivity index (χ4v) is 4.74. The van der Waals surface area contributed by atoms with Crippen LogP contribution in [0.1, 0.15) is 75.4 Å². The molecule has 2 heterocycles. The molecule has 2 aromatic heterocycles. The standard InChI is InChI=1S/C27H43N7O6S2/c1-18(2)23-32-19(16-41-23)14-34(6)24(36)33-21(9-12-31-26(38)40-27(3,4)5)22(35)29-10-7-8-11-30-25(37)39-15-20-13-28-17-42-20/h13,16-18,21H,7-12,14-15H2,1-6H3,(H,29,35)(H,30,37)(H,31,38)(H,33,36). The Morgan fingerprint density at radius 3 is 2.31 bits per heavy atom. The van der Waals surface area contributed by atoms with Gasteiger partial charge in [0, 0.05) is 44.2 Å². The van der Waals surface area contributed by atoms with Gasteiger partial charge in [-0.25, -0.2) is 19.4 Å². The lowest BCUT2D eigenvalue weighted by atomic mass is 10.2. The number of aromatic nitrogens is 2. The molecule has 1 atom stereocenters. The molecule has 0 spiro atoms. The third-order valence-corrected chi connectivity index (χ3v) is 7.47. The number of nitrogens with zero attached hydrogens (tertiary/aromatic N) is 3. The zero-order chi connectivity index (χ0) is 31.1. The Balaban J connectivity index is 1.81. The monoisotopic (exact) mass is 625 g/mol. The highest BCUT2D eigenvalue weighted by Gasteiger charge is 2.24. The zero-order valence-corrected chi connectivity index (χ0v) is 26.8. The largest absolute Gasteiger partial charge is 0.444 e. The SMILES string of the molecule is CC(C)c1nc(CN(C)C(=O)NC(CCNC(=O)OC(C)(C)C)C(=O)NCCCCNC(=O)OCc2cncs2)cs1. The summed E-state index contributed by atoms with van der Waals surface area (Å²) in [5.74, 6) is -0.0809. The summed E-state index contributed by atoms with van der Waals surface area (Å²) in [6, 6.07) is -1.33. The molecule has 0 aliphatic carbocycles. The molecule has 1 unspecified atom stereocenters. The minimum absolute atomic E-state index is 0.119. The van der Waals surface area contributed by atoms with Crippen LogP contribution in [0, 0.1) is 0 Å². The number of urea groups is 1. The number of ether oxygens (including phenoxy) is 2. The molecule has 13 nitrogen and oxygen atoms in total. The van der Waals surface area contributed by atoms with Crippen LogP contribution in [-0.4, -0.2) is 77.3 Å². The zero-order valence-electron chi connectivity index (χ0n) is 25.2. The molecular formula is C27H43N7O6S2. The van der Waals surface area contributed by atoms with Gasteiger partial charge in [0.05, 0.1) is 27.6 Å². The molecule has 42 heavy (non-hydrogen) atoms. The lowest BCUT2D eigenvalue weighted by Crippen LogP contribution is -2.51. The number of hydrogen-bond donors (Lipinski definition) is 4. The summed E-state index contributed by atoms with van der Waals surface area (Å²) in [7, 11) is 1.63. The highest BCUT2D eigenvalue weighted by atomic mass is 32.1. The quantitative estimate of drug-likeness (QED) is 0.216. The summed E-state index contributed by atoms with van der Waals surface area (Å²) in [5.41, 5.74) is 1.78. The van der Waals surface area contributed by atoms with Crippen LogP contribution in [0.5, 0.6) is 0 Å². The highest BCUT2D eigenvalue weighted by Crippen LogP contribution is 2.19. The van der Waals surface area contributed by atoms with Crippen molar-refractivity contribution in [3.05, 3.63) is 32.7 Å². The van der Waals surface area contributed by atoms with Gasteiger partial charge in [0.2, 0.25) is 5.91 Å². The highest BCUT2D eigenvalue weighted by molar-refractivity contribution is 7.09. The Bertz CT molecular complexity index is 1130. The first-order chi connectivity index (χ1) is 19.8. The van der Waals surface area contributed by atoms with E-state index >= 15 is 0 Å². The molecule has 0 aliphatic rings. The fourth-order valence-electron chi connectivity index (χ4n) is 3.41. The first kappa shape index (κ1) is 34.7. The van der Waals surface area contributed by atoms with Gasteiger partial charge >= 0.3 is 18.2 Å². The van der Waals surface area contributed by atoms with Crippen molar-refractivity contribution in [2.75, 3.05) is 26.7 Å². The Morgan fingerprint density at radius 2 is 1.69 bits per heavy atom. The molecule has 2 rings (SSSR count). The molecule has 0 saturated carbocycles. The average molecular weight is 626 g/mol. The maximum atomic E-state index is 13.0. The Labute approximate surface area is 255 Å². The second-order valence-electron chi connectivity index (χ2n) is 10.9. The summed E-state index contributed by atoms with van der Waals surface area (Å²) in [4.78, 5) is 60.6. The van der Waals surface area contributed by atoms with Crippen molar-refractivity contribution in [2.45, 2.75) is 84.6 Å². The van der Waals surface area contributed by atoms with E-state index in [0.29, 0.717) is 38.4 Å². The van der Waals surface area contributed by atoms with E-state index < -0.39 is 29.9 Å². The van der Waals surface area contributed by atoms with Gasteiger partial charge in [-0.15, -0.1) is 22.7 Å². The van der Waals surface area contributed by atoms with E-state index in [0.717, 1.165) is 15.6 Å². The van der Waals surface area contributed by atoms with Crippen molar-refractivity contribution < 1.29 is 28.7 Å². The van der Waals surface area contributed by atoms with Crippen LogP contribution in [0.2, 0.25) is 0 Å². The van der Waals surface area contributed by atoms with Crippen LogP contribution in [-0.2, 0) is 27.4 Å². The molecule has 5 amide bonds. The summed E-state index contributed by atoms with van der Waals surface area (Å²) in [6.45, 7) is 10.7. The van der Waals surface area contributed by atoms with Crippen LogP contribution in [0.3, 0.4) is 0 Å². The fraction of sp³-hybridized carbons (Fsp3) is 0.630. The van der Waals surface area contributed by atoms with Gasteiger partial charge in [0.25, 0.3) is 0 Å². The van der Waals surface area contributed by atoms with Crippen molar-refractivity contribution >= 4 is 46.8 Å². The minimum Gasteiger partial charge on any atom is -0.444 e. The van der Waals surface area contributed by atoms with Gasteiger partial charge in [0.15, 0.2) is 0 Å². The predicted molar refractivity (Wildman–Crippen MR) is 161 cm³/mol. The lowest BCUT2D eigenvalue weighted by Gasteiger charge is -2.24. The second-order valence-corrected chi connectivity index (χ2v) is 12.7. The van der Waals surface area contributed by atoms with Crippen molar-refractivity contribution in [2.24, 2.45) is 0 Å². The molecule has 15 heteroatoms. The predicted octanol–water partition coefficient (Wildman–Crippen LogP) is 3.97. The van der Waals surface area contributed by atoms with E-state index in [2.05, 4.69) is 45.1 Å². The number of unbranched alkanes of at least 4 members (excludes halogenated alkanes) is 1. The van der Waals surface area contributed by atoms with Gasteiger partial charge in [-0.3, -0.25) is 9.78 Å². The molecule has 0 radical (unpaired) electrons. The van der Waals surface area contributed by atoms with E-state index in [1.165, 1.54) is 16.2 Å². The number of rotatable bonds is 15. The third kappa shape index (κ3) is 13.9. The Kier molecular flexibility index (Phi) is 14.5. The van der Waals surface area contributed by atoms with E-state index in [-0.39, 0.29) is 25.5 Å². The van der Waals surface area contributed by atoms with Gasteiger partial charge < -0.3 is 35.6 Å². The first-order valence-electron chi connectivity index (χ1n) is 13.8. The second kappa shape index (κ2) is 17.5. The summed E-state index contributed by atoms with van der Waals surface area (Å²) >= 11 is 2.95. The number of amides is 5. The van der Waals surface area contributed by atoms with E-state index in [1.54, 1.807) is 50.9 Å². The Morgan fingerprint density at radius 1 is 1.00 bits per heavy atom. The molecule has 0 bridgehead atoms. The number of carbonyl (C=O) groups excluding carboxylic acids is 4. The summed E-state index contributed by atoms with van der Waals surface area (Å²) < 4.78 is 10.4. The van der Waals surface area contributed by atoms with Crippen molar-refractivity contribution in [1.82, 2.24) is 36.1 Å². The maximum absolute atomic E-state index is 13.0. The van der Waals surface area contributed by atoms with Gasteiger partial charge in [-0.05, 0) is 40.0 Å². The molecule has 4 N–H and O–H groups in total. The van der Waals surface area contributed by atoms with Crippen molar-refractivity contribution in [3.8, 4) is 0 Å². The maximum Gasteiger partial charge on any atom is 0.407 e. The number of alkyl carbamates (subject to hydrolysis) is 2. The molecule has 234 valence electrons. The number of hydrogen-bond acceptors (Lipinski definition) is 10. The summed E-state index contributed by atoms with van der Waals surface area (Å²) in [6.07, 6.45) is 1.89. The van der Waals surface area contributed by atoms with Crippen LogP contribution >= 0.6 is 22.7 Å². The number of nitrogens with one attached hydrogen (secondary N) is 4. The lowest BCUT2D eigenvalue weighted by molar-refractivity contribution is -0.123. The van der Waals surface area contributed by atoms with Crippen LogP contribution in [0.15, 0.2) is 17.1 Å². The number of thiazole rings is 2. The number of carbonyl (C=O) groups is 4. The van der Waals surface area contributed by atoms with E-state index in [9.17, 15) is 19.2 Å². The average Bonchev–Trinajstić information content (AvgIpc) is 3.60. The Hall–Kier alpha value is -3.46. The molecular weight excluding hydrogens is 582 g/mol. The van der Waals surface area contributed by atoms with Crippen LogP contribution in [0.25, 0.3) is 0 Å². The van der Waals surface area contributed by atoms with Crippen molar-refractivity contribution in [1.29, 1.82) is 0 Å².